The van der Waals surface area contributed by atoms with Gasteiger partial charge in [0.1, 0.15) is 0 Å². The van der Waals surface area contributed by atoms with Crippen molar-refractivity contribution in [3.8, 4) is 0 Å². The van der Waals surface area contributed by atoms with Gasteiger partial charge in [-0.05, 0) is 58.2 Å². The van der Waals surface area contributed by atoms with Crippen LogP contribution in [0.4, 0.5) is 0 Å². The van der Waals surface area contributed by atoms with E-state index in [1.165, 1.54) is 51.6 Å². The van der Waals surface area contributed by atoms with Crippen molar-refractivity contribution in [1.29, 1.82) is 0 Å². The molecular formula is C14H28N2O. The molecule has 1 heterocycles. The van der Waals surface area contributed by atoms with Crippen LogP contribution in [-0.4, -0.2) is 49.8 Å². The standard InChI is InChI=1S/C14H28N2O/c1-2-15-13-5-7-14(8-6-13)17-12-11-16-9-3-4-10-16/h13-15H,2-12H2,1H3. The predicted octanol–water partition coefficient (Wildman–Crippen LogP) is 2.02. The van der Waals surface area contributed by atoms with Crippen LogP contribution >= 0.6 is 0 Å². The largest absolute Gasteiger partial charge is 0.377 e. The maximum Gasteiger partial charge on any atom is 0.0597 e. The van der Waals surface area contributed by atoms with E-state index in [-0.39, 0.29) is 0 Å². The Kier molecular flexibility index (Phi) is 5.75. The molecule has 100 valence electrons. The zero-order valence-electron chi connectivity index (χ0n) is 11.3. The SMILES string of the molecule is CCNC1CCC(OCCN2CCCC2)CC1. The Morgan fingerprint density at radius 2 is 1.82 bits per heavy atom. The number of rotatable bonds is 6. The van der Waals surface area contributed by atoms with Crippen molar-refractivity contribution in [2.75, 3.05) is 32.8 Å². The van der Waals surface area contributed by atoms with Gasteiger partial charge < -0.3 is 15.0 Å². The van der Waals surface area contributed by atoms with E-state index in [1.54, 1.807) is 0 Å². The van der Waals surface area contributed by atoms with Crippen LogP contribution in [0.1, 0.15) is 45.4 Å². The van der Waals surface area contributed by atoms with Crippen LogP contribution in [-0.2, 0) is 4.74 Å². The molecule has 2 rings (SSSR count). The lowest BCUT2D eigenvalue weighted by Gasteiger charge is -2.29. The molecule has 0 aromatic rings. The van der Waals surface area contributed by atoms with E-state index in [0.29, 0.717) is 6.10 Å². The molecule has 17 heavy (non-hydrogen) atoms. The third-order valence-electron chi connectivity index (χ3n) is 4.13. The molecule has 0 spiro atoms. The van der Waals surface area contributed by atoms with Crippen LogP contribution < -0.4 is 5.32 Å². The van der Waals surface area contributed by atoms with Crippen LogP contribution in [0.15, 0.2) is 0 Å². The van der Waals surface area contributed by atoms with E-state index in [0.717, 1.165) is 25.7 Å². The summed E-state index contributed by atoms with van der Waals surface area (Å²) in [5.74, 6) is 0. The number of hydrogen-bond acceptors (Lipinski definition) is 3. The van der Waals surface area contributed by atoms with Gasteiger partial charge >= 0.3 is 0 Å². The lowest BCUT2D eigenvalue weighted by molar-refractivity contribution is 0.0137. The highest BCUT2D eigenvalue weighted by Gasteiger charge is 2.21. The average Bonchev–Trinajstić information content (AvgIpc) is 2.85. The van der Waals surface area contributed by atoms with Crippen molar-refractivity contribution >= 4 is 0 Å². The fourth-order valence-corrected chi connectivity index (χ4v) is 3.08. The number of nitrogens with zero attached hydrogens (tertiary/aromatic N) is 1. The summed E-state index contributed by atoms with van der Waals surface area (Å²) in [6.45, 7) is 7.96. The summed E-state index contributed by atoms with van der Waals surface area (Å²) in [6.07, 6.45) is 8.38. The molecule has 1 aliphatic heterocycles. The minimum absolute atomic E-state index is 0.535. The van der Waals surface area contributed by atoms with Crippen LogP contribution in [0.2, 0.25) is 0 Å². The van der Waals surface area contributed by atoms with Gasteiger partial charge in [0.25, 0.3) is 0 Å². The van der Waals surface area contributed by atoms with Gasteiger partial charge in [0.2, 0.25) is 0 Å². The lowest BCUT2D eigenvalue weighted by atomic mass is 9.93. The first-order valence-electron chi connectivity index (χ1n) is 7.46. The monoisotopic (exact) mass is 240 g/mol. The van der Waals surface area contributed by atoms with Gasteiger partial charge in [-0.2, -0.15) is 0 Å². The van der Waals surface area contributed by atoms with Crippen molar-refractivity contribution in [1.82, 2.24) is 10.2 Å². The molecule has 3 nitrogen and oxygen atoms in total. The molecular weight excluding hydrogens is 212 g/mol. The van der Waals surface area contributed by atoms with E-state index < -0.39 is 0 Å². The second kappa shape index (κ2) is 7.34. The van der Waals surface area contributed by atoms with Gasteiger partial charge in [-0.25, -0.2) is 0 Å². The maximum absolute atomic E-state index is 6.00. The van der Waals surface area contributed by atoms with Crippen LogP contribution in [0, 0.1) is 0 Å². The third kappa shape index (κ3) is 4.57. The lowest BCUT2D eigenvalue weighted by Crippen LogP contribution is -2.36. The average molecular weight is 240 g/mol. The van der Waals surface area contributed by atoms with Crippen molar-refractivity contribution < 1.29 is 4.74 Å². The second-order valence-corrected chi connectivity index (χ2v) is 5.45. The fourth-order valence-electron chi connectivity index (χ4n) is 3.08. The summed E-state index contributed by atoms with van der Waals surface area (Å²) >= 11 is 0. The molecule has 0 bridgehead atoms. The molecule has 2 fully saturated rings. The van der Waals surface area contributed by atoms with Crippen molar-refractivity contribution in [3.63, 3.8) is 0 Å². The van der Waals surface area contributed by atoms with Crippen LogP contribution in [0.5, 0.6) is 0 Å². The summed E-state index contributed by atoms with van der Waals surface area (Å²) in [5, 5.41) is 3.54. The smallest absolute Gasteiger partial charge is 0.0597 e. The van der Waals surface area contributed by atoms with E-state index >= 15 is 0 Å². The molecule has 0 atom stereocenters. The molecule has 0 amide bonds. The van der Waals surface area contributed by atoms with Gasteiger partial charge in [-0.3, -0.25) is 0 Å². The van der Waals surface area contributed by atoms with Gasteiger partial charge in [0, 0.05) is 12.6 Å². The second-order valence-electron chi connectivity index (χ2n) is 5.45. The molecule has 0 aromatic carbocycles. The Morgan fingerprint density at radius 3 is 2.47 bits per heavy atom. The van der Waals surface area contributed by atoms with Crippen molar-refractivity contribution in [3.05, 3.63) is 0 Å². The van der Waals surface area contributed by atoms with Crippen molar-refractivity contribution in [2.24, 2.45) is 0 Å². The number of nitrogens with one attached hydrogen (secondary N) is 1. The van der Waals surface area contributed by atoms with Crippen molar-refractivity contribution in [2.45, 2.75) is 57.6 Å². The molecule has 0 radical (unpaired) electrons. The van der Waals surface area contributed by atoms with E-state index in [1.807, 2.05) is 0 Å². The molecule has 0 aromatic heterocycles. The summed E-state index contributed by atoms with van der Waals surface area (Å²) in [6, 6.07) is 0.749. The molecule has 1 saturated carbocycles. The summed E-state index contributed by atoms with van der Waals surface area (Å²) in [4.78, 5) is 2.53. The zero-order chi connectivity index (χ0) is 11.9. The van der Waals surface area contributed by atoms with E-state index in [9.17, 15) is 0 Å². The highest BCUT2D eigenvalue weighted by atomic mass is 16.5. The normalized spacial score (nSPS) is 30.9. The zero-order valence-corrected chi connectivity index (χ0v) is 11.3. The first kappa shape index (κ1) is 13.3. The van der Waals surface area contributed by atoms with Crippen LogP contribution in [0.3, 0.4) is 0 Å². The minimum atomic E-state index is 0.535. The number of hydrogen-bond donors (Lipinski definition) is 1. The summed E-state index contributed by atoms with van der Waals surface area (Å²) in [5.41, 5.74) is 0. The van der Waals surface area contributed by atoms with Gasteiger partial charge in [0.05, 0.1) is 12.7 Å². The molecule has 2 aliphatic rings. The topological polar surface area (TPSA) is 24.5 Å². The Labute approximate surface area is 106 Å². The number of ether oxygens (including phenoxy) is 1. The van der Waals surface area contributed by atoms with E-state index in [4.69, 9.17) is 4.74 Å². The van der Waals surface area contributed by atoms with Gasteiger partial charge in [-0.1, -0.05) is 6.92 Å². The number of likely N-dealkylation sites (tertiary alicyclic amines) is 1. The maximum atomic E-state index is 6.00. The Balaban J connectivity index is 1.52. The van der Waals surface area contributed by atoms with Crippen LogP contribution in [0.25, 0.3) is 0 Å². The van der Waals surface area contributed by atoms with E-state index in [2.05, 4.69) is 17.1 Å². The Morgan fingerprint density at radius 1 is 1.12 bits per heavy atom. The predicted molar refractivity (Wildman–Crippen MR) is 71.3 cm³/mol. The minimum Gasteiger partial charge on any atom is -0.377 e. The molecule has 3 heteroatoms. The summed E-state index contributed by atoms with van der Waals surface area (Å²) < 4.78 is 6.00. The highest BCUT2D eigenvalue weighted by Crippen LogP contribution is 2.21. The third-order valence-corrected chi connectivity index (χ3v) is 4.13. The Bertz CT molecular complexity index is 196. The molecule has 1 N–H and O–H groups in total. The summed E-state index contributed by atoms with van der Waals surface area (Å²) in [7, 11) is 0. The molecule has 1 aliphatic carbocycles. The fraction of sp³-hybridized carbons (Fsp3) is 1.00. The highest BCUT2D eigenvalue weighted by molar-refractivity contribution is 4.77. The Hall–Kier alpha value is -0.120. The first-order chi connectivity index (χ1) is 8.38. The quantitative estimate of drug-likeness (QED) is 0.769. The molecule has 1 saturated heterocycles. The molecule has 0 unspecified atom stereocenters. The van der Waals surface area contributed by atoms with Gasteiger partial charge in [0.15, 0.2) is 0 Å². The first-order valence-corrected chi connectivity index (χ1v) is 7.46. The van der Waals surface area contributed by atoms with Gasteiger partial charge in [-0.15, -0.1) is 0 Å².